The Hall–Kier alpha value is -3.27. The topological polar surface area (TPSA) is 49.9 Å². The molecule has 4 nitrogen and oxygen atoms in total. The molecule has 2 aromatic heterocycles. The zero-order chi connectivity index (χ0) is 18.6. The molecular formula is C23H23N3O. The summed E-state index contributed by atoms with van der Waals surface area (Å²) < 4.78 is 5.56. The fraction of sp³-hybridized carbons (Fsp3) is 0.174. The summed E-state index contributed by atoms with van der Waals surface area (Å²) in [4.78, 5) is 7.69. The standard InChI is InChI=1S/C23H23N3O/c1-3-27-19-10-8-18(9-11-19)26-23(17-12-14-24-15-13-17)22-16(2)25-21-7-5-4-6-20(21)22/h4-15,23,25-26H,3H2,1-2H3. The minimum Gasteiger partial charge on any atom is -0.494 e. The van der Waals surface area contributed by atoms with Gasteiger partial charge in [-0.15, -0.1) is 0 Å². The van der Waals surface area contributed by atoms with Crippen LogP contribution in [0.25, 0.3) is 10.9 Å². The SMILES string of the molecule is CCOc1ccc(NC(c2ccncc2)c2c(C)[nH]c3ccccc23)cc1. The van der Waals surface area contributed by atoms with Crippen LogP contribution in [0.5, 0.6) is 5.75 Å². The van der Waals surface area contributed by atoms with E-state index >= 15 is 0 Å². The van der Waals surface area contributed by atoms with Gasteiger partial charge in [-0.1, -0.05) is 18.2 Å². The third kappa shape index (κ3) is 3.51. The van der Waals surface area contributed by atoms with E-state index in [0.29, 0.717) is 6.61 Å². The number of aryl methyl sites for hydroxylation is 1. The molecule has 4 heteroatoms. The predicted octanol–water partition coefficient (Wildman–Crippen LogP) is 5.47. The highest BCUT2D eigenvalue weighted by Crippen LogP contribution is 2.34. The normalized spacial score (nSPS) is 12.1. The van der Waals surface area contributed by atoms with Gasteiger partial charge in [0.2, 0.25) is 0 Å². The summed E-state index contributed by atoms with van der Waals surface area (Å²) in [5.74, 6) is 0.881. The van der Waals surface area contributed by atoms with Crippen LogP contribution < -0.4 is 10.1 Å². The van der Waals surface area contributed by atoms with E-state index < -0.39 is 0 Å². The Labute approximate surface area is 159 Å². The average Bonchev–Trinajstić information content (AvgIpc) is 3.04. The van der Waals surface area contributed by atoms with Gasteiger partial charge in [0, 0.05) is 40.2 Å². The van der Waals surface area contributed by atoms with Crippen LogP contribution in [-0.4, -0.2) is 16.6 Å². The Kier molecular flexibility index (Phi) is 4.79. The lowest BCUT2D eigenvalue weighted by molar-refractivity contribution is 0.340. The number of aromatic nitrogens is 2. The van der Waals surface area contributed by atoms with Crippen molar-refractivity contribution in [2.24, 2.45) is 0 Å². The molecule has 2 heterocycles. The van der Waals surface area contributed by atoms with Crippen molar-refractivity contribution in [3.63, 3.8) is 0 Å². The summed E-state index contributed by atoms with van der Waals surface area (Å²) in [6, 6.07) is 20.7. The van der Waals surface area contributed by atoms with Gasteiger partial charge in [-0.2, -0.15) is 0 Å². The molecule has 0 saturated heterocycles. The lowest BCUT2D eigenvalue weighted by atomic mass is 9.96. The van der Waals surface area contributed by atoms with E-state index in [0.717, 1.165) is 22.6 Å². The number of anilines is 1. The number of rotatable bonds is 6. The first-order chi connectivity index (χ1) is 13.3. The van der Waals surface area contributed by atoms with Crippen LogP contribution in [0.1, 0.15) is 29.8 Å². The maximum absolute atomic E-state index is 5.56. The van der Waals surface area contributed by atoms with Gasteiger partial charge in [-0.05, 0) is 61.9 Å². The van der Waals surface area contributed by atoms with Crippen molar-refractivity contribution in [2.75, 3.05) is 11.9 Å². The monoisotopic (exact) mass is 357 g/mol. The van der Waals surface area contributed by atoms with Crippen molar-refractivity contribution < 1.29 is 4.74 Å². The van der Waals surface area contributed by atoms with Gasteiger partial charge < -0.3 is 15.0 Å². The number of nitrogens with zero attached hydrogens (tertiary/aromatic N) is 1. The average molecular weight is 357 g/mol. The van der Waals surface area contributed by atoms with Crippen LogP contribution >= 0.6 is 0 Å². The molecule has 0 bridgehead atoms. The maximum Gasteiger partial charge on any atom is 0.119 e. The van der Waals surface area contributed by atoms with Gasteiger partial charge in [-0.3, -0.25) is 4.98 Å². The molecule has 0 amide bonds. The molecule has 4 rings (SSSR count). The summed E-state index contributed by atoms with van der Waals surface area (Å²) >= 11 is 0. The van der Waals surface area contributed by atoms with Crippen molar-refractivity contribution >= 4 is 16.6 Å². The molecule has 27 heavy (non-hydrogen) atoms. The molecule has 0 aliphatic rings. The first-order valence-corrected chi connectivity index (χ1v) is 9.23. The van der Waals surface area contributed by atoms with Crippen LogP contribution in [0, 0.1) is 6.92 Å². The molecule has 0 saturated carbocycles. The fourth-order valence-corrected chi connectivity index (χ4v) is 3.53. The number of aromatic amines is 1. The number of hydrogen-bond donors (Lipinski definition) is 2. The van der Waals surface area contributed by atoms with Gasteiger partial charge in [0.25, 0.3) is 0 Å². The highest BCUT2D eigenvalue weighted by atomic mass is 16.5. The van der Waals surface area contributed by atoms with Gasteiger partial charge >= 0.3 is 0 Å². The number of H-pyrrole nitrogens is 1. The fourth-order valence-electron chi connectivity index (χ4n) is 3.53. The number of pyridine rings is 1. The molecule has 0 radical (unpaired) electrons. The predicted molar refractivity (Wildman–Crippen MR) is 110 cm³/mol. The number of fused-ring (bicyclic) bond motifs is 1. The second-order valence-electron chi connectivity index (χ2n) is 6.52. The lowest BCUT2D eigenvalue weighted by Crippen LogP contribution is -2.13. The minimum absolute atomic E-state index is 0.0158. The van der Waals surface area contributed by atoms with Gasteiger partial charge in [0.1, 0.15) is 5.75 Å². The molecule has 136 valence electrons. The van der Waals surface area contributed by atoms with Gasteiger partial charge in [0.15, 0.2) is 0 Å². The Morgan fingerprint density at radius 1 is 1.00 bits per heavy atom. The van der Waals surface area contributed by atoms with Gasteiger partial charge in [0.05, 0.1) is 12.6 Å². The van der Waals surface area contributed by atoms with Crippen molar-refractivity contribution in [3.8, 4) is 5.75 Å². The molecule has 1 unspecified atom stereocenters. The van der Waals surface area contributed by atoms with Gasteiger partial charge in [-0.25, -0.2) is 0 Å². The van der Waals surface area contributed by atoms with Crippen molar-refractivity contribution in [1.82, 2.24) is 9.97 Å². The van der Waals surface area contributed by atoms with E-state index in [4.69, 9.17) is 4.74 Å². The minimum atomic E-state index is 0.0158. The van der Waals surface area contributed by atoms with Crippen LogP contribution in [0.3, 0.4) is 0 Å². The van der Waals surface area contributed by atoms with Crippen LogP contribution in [0.2, 0.25) is 0 Å². The number of para-hydroxylation sites is 1. The Bertz CT molecular complexity index is 1020. The molecule has 0 spiro atoms. The molecular weight excluding hydrogens is 334 g/mol. The summed E-state index contributed by atoms with van der Waals surface area (Å²) in [5.41, 5.74) is 5.79. The highest BCUT2D eigenvalue weighted by Gasteiger charge is 2.20. The summed E-state index contributed by atoms with van der Waals surface area (Å²) in [6.07, 6.45) is 3.68. The third-order valence-corrected chi connectivity index (χ3v) is 4.75. The van der Waals surface area contributed by atoms with Crippen LogP contribution in [0.4, 0.5) is 5.69 Å². The summed E-state index contributed by atoms with van der Waals surface area (Å²) in [7, 11) is 0. The zero-order valence-electron chi connectivity index (χ0n) is 15.6. The molecule has 0 fully saturated rings. The molecule has 4 aromatic rings. The maximum atomic E-state index is 5.56. The van der Waals surface area contributed by atoms with Crippen molar-refractivity contribution in [3.05, 3.63) is 89.9 Å². The van der Waals surface area contributed by atoms with Crippen LogP contribution in [-0.2, 0) is 0 Å². The lowest BCUT2D eigenvalue weighted by Gasteiger charge is -2.21. The van der Waals surface area contributed by atoms with E-state index in [1.54, 1.807) is 0 Å². The number of hydrogen-bond acceptors (Lipinski definition) is 3. The van der Waals surface area contributed by atoms with Crippen LogP contribution in [0.15, 0.2) is 73.1 Å². The first-order valence-electron chi connectivity index (χ1n) is 9.23. The third-order valence-electron chi connectivity index (χ3n) is 4.75. The first kappa shape index (κ1) is 17.2. The molecule has 1 atom stereocenters. The Morgan fingerprint density at radius 3 is 2.48 bits per heavy atom. The molecule has 2 aromatic carbocycles. The second kappa shape index (κ2) is 7.54. The quantitative estimate of drug-likeness (QED) is 0.481. The van der Waals surface area contributed by atoms with E-state index in [2.05, 4.69) is 70.7 Å². The van der Waals surface area contributed by atoms with E-state index in [1.165, 1.54) is 16.5 Å². The van der Waals surface area contributed by atoms with E-state index in [9.17, 15) is 0 Å². The highest BCUT2D eigenvalue weighted by molar-refractivity contribution is 5.86. The second-order valence-corrected chi connectivity index (χ2v) is 6.52. The Morgan fingerprint density at radius 2 is 1.74 bits per heavy atom. The largest absolute Gasteiger partial charge is 0.494 e. The van der Waals surface area contributed by atoms with E-state index in [-0.39, 0.29) is 6.04 Å². The van der Waals surface area contributed by atoms with Crippen molar-refractivity contribution in [1.29, 1.82) is 0 Å². The number of ether oxygens (including phenoxy) is 1. The smallest absolute Gasteiger partial charge is 0.119 e. The molecule has 0 aliphatic carbocycles. The molecule has 2 N–H and O–H groups in total. The summed E-state index contributed by atoms with van der Waals surface area (Å²) in [5, 5.41) is 4.93. The van der Waals surface area contributed by atoms with E-state index in [1.807, 2.05) is 31.5 Å². The summed E-state index contributed by atoms with van der Waals surface area (Å²) in [6.45, 7) is 4.79. The number of benzene rings is 2. The Balaban J connectivity index is 1.77. The molecule has 0 aliphatic heterocycles. The zero-order valence-corrected chi connectivity index (χ0v) is 15.6. The number of nitrogens with one attached hydrogen (secondary N) is 2. The van der Waals surface area contributed by atoms with Crippen molar-refractivity contribution in [2.45, 2.75) is 19.9 Å².